The number of hydrogen-bond donors (Lipinski definition) is 2. The van der Waals surface area contributed by atoms with Crippen molar-refractivity contribution >= 4 is 55.5 Å². The zero-order valence-electron chi connectivity index (χ0n) is 10.4. The van der Waals surface area contributed by atoms with Crippen molar-refractivity contribution in [2.45, 2.75) is 0 Å². The summed E-state index contributed by atoms with van der Waals surface area (Å²) in [6.07, 6.45) is 0. The molecule has 3 nitrogen and oxygen atoms in total. The monoisotopic (exact) mass is 347 g/mol. The first-order valence-corrected chi connectivity index (χ1v) is 7.18. The van der Waals surface area contributed by atoms with Crippen LogP contribution < -0.4 is 11.1 Å². The predicted molar refractivity (Wildman–Crippen MR) is 88.6 cm³/mol. The number of nitrogens with zero attached hydrogens (tertiary/aromatic N) is 1. The van der Waals surface area contributed by atoms with Crippen LogP contribution in [0.1, 0.15) is 0 Å². The van der Waals surface area contributed by atoms with Crippen LogP contribution in [0.2, 0.25) is 5.15 Å². The summed E-state index contributed by atoms with van der Waals surface area (Å²) < 4.78 is 1.05. The summed E-state index contributed by atoms with van der Waals surface area (Å²) in [5.74, 6) is 0.627. The molecule has 2 aromatic carbocycles. The minimum absolute atomic E-state index is 0.369. The molecule has 0 spiro atoms. The smallest absolute Gasteiger partial charge is 0.134 e. The lowest BCUT2D eigenvalue weighted by molar-refractivity contribution is 1.31. The van der Waals surface area contributed by atoms with Gasteiger partial charge in [0.1, 0.15) is 11.0 Å². The maximum Gasteiger partial charge on any atom is 0.134 e. The van der Waals surface area contributed by atoms with Crippen molar-refractivity contribution in [1.29, 1.82) is 0 Å². The largest absolute Gasteiger partial charge is 0.399 e. The number of rotatable bonds is 2. The molecule has 0 bridgehead atoms. The highest BCUT2D eigenvalue weighted by Gasteiger charge is 2.06. The van der Waals surface area contributed by atoms with Crippen molar-refractivity contribution in [3.63, 3.8) is 0 Å². The summed E-state index contributed by atoms with van der Waals surface area (Å²) in [6, 6.07) is 15.5. The molecule has 5 heteroatoms. The van der Waals surface area contributed by atoms with E-state index in [1.54, 1.807) is 12.1 Å². The molecule has 100 valence electrons. The molecule has 0 aliphatic rings. The van der Waals surface area contributed by atoms with Gasteiger partial charge in [-0.1, -0.05) is 51.8 Å². The van der Waals surface area contributed by atoms with Gasteiger partial charge in [0, 0.05) is 27.3 Å². The third kappa shape index (κ3) is 2.57. The number of nitrogens with one attached hydrogen (secondary N) is 1. The topological polar surface area (TPSA) is 50.9 Å². The zero-order valence-corrected chi connectivity index (χ0v) is 12.7. The third-order valence-corrected chi connectivity index (χ3v) is 3.84. The van der Waals surface area contributed by atoms with Crippen LogP contribution >= 0.6 is 27.5 Å². The summed E-state index contributed by atoms with van der Waals surface area (Å²) in [6.45, 7) is 0. The Hall–Kier alpha value is -1.78. The Morgan fingerprint density at radius 1 is 1.05 bits per heavy atom. The molecule has 0 aliphatic heterocycles. The second-order valence-corrected chi connectivity index (χ2v) is 5.62. The molecule has 0 atom stereocenters. The number of hydrogen-bond acceptors (Lipinski definition) is 3. The van der Waals surface area contributed by atoms with Gasteiger partial charge in [0.25, 0.3) is 0 Å². The van der Waals surface area contributed by atoms with Crippen LogP contribution in [-0.2, 0) is 0 Å². The van der Waals surface area contributed by atoms with E-state index in [1.165, 1.54) is 0 Å². The summed E-state index contributed by atoms with van der Waals surface area (Å²) in [5, 5.41) is 5.86. The van der Waals surface area contributed by atoms with Crippen LogP contribution in [0.4, 0.5) is 17.2 Å². The van der Waals surface area contributed by atoms with Gasteiger partial charge in [0.05, 0.1) is 0 Å². The van der Waals surface area contributed by atoms with E-state index in [0.29, 0.717) is 16.7 Å². The highest BCUT2D eigenvalue weighted by molar-refractivity contribution is 9.10. The molecule has 3 rings (SSSR count). The number of halogens is 2. The Bertz CT molecular complexity index is 769. The maximum absolute atomic E-state index is 5.92. The summed E-state index contributed by atoms with van der Waals surface area (Å²) in [7, 11) is 0. The van der Waals surface area contributed by atoms with E-state index in [1.807, 2.05) is 24.3 Å². The molecule has 0 radical (unpaired) electrons. The second kappa shape index (κ2) is 5.31. The van der Waals surface area contributed by atoms with Gasteiger partial charge in [0.2, 0.25) is 0 Å². The summed E-state index contributed by atoms with van der Waals surface area (Å²) in [5.41, 5.74) is 7.31. The molecule has 0 saturated heterocycles. The molecular weight excluding hydrogens is 338 g/mol. The molecule has 0 aliphatic carbocycles. The van der Waals surface area contributed by atoms with E-state index < -0.39 is 0 Å². The van der Waals surface area contributed by atoms with E-state index in [2.05, 4.69) is 38.4 Å². The number of pyridine rings is 1. The zero-order chi connectivity index (χ0) is 14.1. The Kier molecular flexibility index (Phi) is 3.51. The van der Waals surface area contributed by atoms with Gasteiger partial charge in [0.15, 0.2) is 0 Å². The van der Waals surface area contributed by atoms with Gasteiger partial charge in [-0.05, 0) is 23.6 Å². The normalized spacial score (nSPS) is 10.7. The highest BCUT2D eigenvalue weighted by atomic mass is 79.9. The van der Waals surface area contributed by atoms with Crippen molar-refractivity contribution < 1.29 is 0 Å². The van der Waals surface area contributed by atoms with Crippen molar-refractivity contribution in [2.24, 2.45) is 0 Å². The average Bonchev–Trinajstić information content (AvgIpc) is 2.41. The van der Waals surface area contributed by atoms with Gasteiger partial charge in [-0.3, -0.25) is 0 Å². The first-order valence-electron chi connectivity index (χ1n) is 6.01. The van der Waals surface area contributed by atoms with Crippen molar-refractivity contribution in [3.8, 4) is 0 Å². The fourth-order valence-electron chi connectivity index (χ4n) is 2.09. The third-order valence-electron chi connectivity index (χ3n) is 2.95. The Balaban J connectivity index is 2.09. The lowest BCUT2D eigenvalue weighted by Crippen LogP contribution is -1.97. The van der Waals surface area contributed by atoms with E-state index in [4.69, 9.17) is 17.3 Å². The number of nitrogen functional groups attached to an aromatic ring is 1. The van der Waals surface area contributed by atoms with Gasteiger partial charge in [-0.2, -0.15) is 0 Å². The summed E-state index contributed by atoms with van der Waals surface area (Å²) >= 11 is 9.48. The van der Waals surface area contributed by atoms with E-state index in [0.717, 1.165) is 20.9 Å². The number of aromatic nitrogens is 1. The molecule has 1 heterocycles. The average molecular weight is 349 g/mol. The van der Waals surface area contributed by atoms with Gasteiger partial charge in [-0.15, -0.1) is 0 Å². The van der Waals surface area contributed by atoms with Crippen LogP contribution in [0.3, 0.4) is 0 Å². The van der Waals surface area contributed by atoms with Crippen LogP contribution in [0.5, 0.6) is 0 Å². The lowest BCUT2D eigenvalue weighted by Gasteiger charge is -2.11. The molecule has 3 N–H and O–H groups in total. The SMILES string of the molecule is Nc1cc(Cl)nc(Nc2ccc(Br)c3ccccc23)c1. The molecule has 0 amide bonds. The van der Waals surface area contributed by atoms with Gasteiger partial charge < -0.3 is 11.1 Å². The first kappa shape index (κ1) is 13.2. The van der Waals surface area contributed by atoms with Crippen LogP contribution in [0.15, 0.2) is 53.0 Å². The van der Waals surface area contributed by atoms with E-state index in [9.17, 15) is 0 Å². The number of nitrogens with two attached hydrogens (primary N) is 1. The Morgan fingerprint density at radius 2 is 1.80 bits per heavy atom. The molecule has 3 aromatic rings. The van der Waals surface area contributed by atoms with Gasteiger partial charge in [-0.25, -0.2) is 4.98 Å². The minimum atomic E-state index is 0.369. The molecule has 1 aromatic heterocycles. The molecule has 20 heavy (non-hydrogen) atoms. The highest BCUT2D eigenvalue weighted by Crippen LogP contribution is 2.31. The molecule has 0 unspecified atom stereocenters. The van der Waals surface area contributed by atoms with Crippen molar-refractivity contribution in [2.75, 3.05) is 11.1 Å². The lowest BCUT2D eigenvalue weighted by atomic mass is 10.1. The van der Waals surface area contributed by atoms with Gasteiger partial charge >= 0.3 is 0 Å². The van der Waals surface area contributed by atoms with Crippen LogP contribution in [0.25, 0.3) is 10.8 Å². The number of benzene rings is 2. The number of fused-ring (bicyclic) bond motifs is 1. The Morgan fingerprint density at radius 3 is 2.55 bits per heavy atom. The fraction of sp³-hybridized carbons (Fsp3) is 0. The van der Waals surface area contributed by atoms with E-state index in [-0.39, 0.29) is 0 Å². The molecule has 0 saturated carbocycles. The fourth-order valence-corrected chi connectivity index (χ4v) is 2.78. The van der Waals surface area contributed by atoms with Crippen LogP contribution in [0, 0.1) is 0 Å². The van der Waals surface area contributed by atoms with Crippen molar-refractivity contribution in [1.82, 2.24) is 4.98 Å². The standard InChI is InChI=1S/C15H11BrClN3/c16-12-5-6-13(11-4-2-1-3-10(11)12)19-15-8-9(18)7-14(17)20-15/h1-8H,(H3,18,19,20). The Labute approximate surface area is 129 Å². The van der Waals surface area contributed by atoms with Crippen molar-refractivity contribution in [3.05, 3.63) is 58.2 Å². The van der Waals surface area contributed by atoms with Crippen LogP contribution in [-0.4, -0.2) is 4.98 Å². The minimum Gasteiger partial charge on any atom is -0.399 e. The summed E-state index contributed by atoms with van der Waals surface area (Å²) in [4.78, 5) is 4.22. The molecule has 0 fully saturated rings. The second-order valence-electron chi connectivity index (χ2n) is 4.37. The quantitative estimate of drug-likeness (QED) is 0.642. The maximum atomic E-state index is 5.92. The van der Waals surface area contributed by atoms with E-state index >= 15 is 0 Å². The predicted octanol–water partition coefficient (Wildman–Crippen LogP) is 4.98. The molecular formula is C15H11BrClN3. The first-order chi connectivity index (χ1) is 9.63. The number of anilines is 3.